The van der Waals surface area contributed by atoms with Crippen molar-refractivity contribution in [2.75, 3.05) is 5.32 Å². The molecular weight excluding hydrogens is 196 g/mol. The number of nitrogens with two attached hydrogens (primary N) is 1. The molecule has 1 rings (SSSR count). The van der Waals surface area contributed by atoms with Crippen molar-refractivity contribution in [3.8, 4) is 0 Å². The van der Waals surface area contributed by atoms with Crippen molar-refractivity contribution in [3.63, 3.8) is 0 Å². The molecule has 80 valence electrons. The second kappa shape index (κ2) is 4.23. The van der Waals surface area contributed by atoms with Crippen LogP contribution in [0.5, 0.6) is 0 Å². The number of aromatic nitrogens is 2. The predicted molar refractivity (Wildman–Crippen MR) is 60.6 cm³/mol. The second-order valence-electron chi connectivity index (χ2n) is 4.00. The van der Waals surface area contributed by atoms with Gasteiger partial charge in [-0.15, -0.1) is 0 Å². The van der Waals surface area contributed by atoms with E-state index < -0.39 is 0 Å². The number of rotatable bonds is 4. The molecule has 1 unspecified atom stereocenters. The van der Waals surface area contributed by atoms with Gasteiger partial charge >= 0.3 is 0 Å². The molecule has 0 fully saturated rings. The zero-order valence-corrected chi connectivity index (χ0v) is 9.98. The van der Waals surface area contributed by atoms with Crippen molar-refractivity contribution in [2.24, 2.45) is 5.73 Å². The number of nitrogens with one attached hydrogen (secondary N) is 1. The first-order chi connectivity index (χ1) is 6.45. The molecule has 0 aliphatic heterocycles. The van der Waals surface area contributed by atoms with Crippen molar-refractivity contribution in [1.82, 2.24) is 9.36 Å². The lowest BCUT2D eigenvalue weighted by Crippen LogP contribution is -2.47. The first-order valence-corrected chi connectivity index (χ1v) is 5.59. The Labute approximate surface area is 89.1 Å². The van der Waals surface area contributed by atoms with Gasteiger partial charge in [0.1, 0.15) is 5.82 Å². The number of hydrogen-bond acceptors (Lipinski definition) is 5. The lowest BCUT2D eigenvalue weighted by Gasteiger charge is -2.29. The molecule has 0 saturated heterocycles. The minimum absolute atomic E-state index is 0.0662. The van der Waals surface area contributed by atoms with Gasteiger partial charge in [0.25, 0.3) is 0 Å². The van der Waals surface area contributed by atoms with Crippen LogP contribution in [0.4, 0.5) is 5.13 Å². The van der Waals surface area contributed by atoms with Gasteiger partial charge in [0.15, 0.2) is 0 Å². The fraction of sp³-hybridized carbons (Fsp3) is 0.778. The van der Waals surface area contributed by atoms with Crippen LogP contribution in [0.25, 0.3) is 0 Å². The van der Waals surface area contributed by atoms with Crippen LogP contribution in [0, 0.1) is 0 Å². The molecule has 1 heterocycles. The molecule has 4 nitrogen and oxygen atoms in total. The standard InChI is InChI=1S/C9H18N4S/c1-5-7-11-8(14-13-7)12-9(3,4)6(2)10/h6H,5,10H2,1-4H3,(H,11,12,13). The van der Waals surface area contributed by atoms with Gasteiger partial charge in [-0.05, 0) is 20.8 Å². The van der Waals surface area contributed by atoms with E-state index in [1.165, 1.54) is 11.5 Å². The summed E-state index contributed by atoms with van der Waals surface area (Å²) in [6.07, 6.45) is 0.872. The van der Waals surface area contributed by atoms with E-state index in [1.54, 1.807) is 0 Å². The van der Waals surface area contributed by atoms with Gasteiger partial charge in [-0.3, -0.25) is 0 Å². The van der Waals surface area contributed by atoms with Gasteiger partial charge in [0.2, 0.25) is 5.13 Å². The van der Waals surface area contributed by atoms with Crippen LogP contribution in [0.15, 0.2) is 0 Å². The molecule has 14 heavy (non-hydrogen) atoms. The Morgan fingerprint density at radius 1 is 1.57 bits per heavy atom. The quantitative estimate of drug-likeness (QED) is 0.799. The van der Waals surface area contributed by atoms with Crippen LogP contribution >= 0.6 is 11.5 Å². The first-order valence-electron chi connectivity index (χ1n) is 4.82. The summed E-state index contributed by atoms with van der Waals surface area (Å²) < 4.78 is 4.21. The van der Waals surface area contributed by atoms with E-state index >= 15 is 0 Å². The average molecular weight is 214 g/mol. The molecule has 1 aromatic heterocycles. The van der Waals surface area contributed by atoms with Crippen molar-refractivity contribution in [2.45, 2.75) is 45.7 Å². The Morgan fingerprint density at radius 2 is 2.21 bits per heavy atom. The predicted octanol–water partition coefficient (Wildman–Crippen LogP) is 1.64. The van der Waals surface area contributed by atoms with E-state index in [4.69, 9.17) is 5.73 Å². The van der Waals surface area contributed by atoms with Gasteiger partial charge in [-0.1, -0.05) is 6.92 Å². The Morgan fingerprint density at radius 3 is 2.64 bits per heavy atom. The fourth-order valence-electron chi connectivity index (χ4n) is 0.838. The summed E-state index contributed by atoms with van der Waals surface area (Å²) in [7, 11) is 0. The van der Waals surface area contributed by atoms with Crippen LogP contribution in [-0.4, -0.2) is 20.9 Å². The first kappa shape index (κ1) is 11.4. The average Bonchev–Trinajstić information content (AvgIpc) is 2.51. The molecule has 0 aliphatic carbocycles. The fourth-order valence-corrected chi connectivity index (χ4v) is 1.65. The normalized spacial score (nSPS) is 14.1. The molecule has 1 aromatic rings. The molecule has 3 N–H and O–H groups in total. The van der Waals surface area contributed by atoms with Crippen LogP contribution < -0.4 is 11.1 Å². The van der Waals surface area contributed by atoms with Crippen LogP contribution in [-0.2, 0) is 6.42 Å². The lowest BCUT2D eigenvalue weighted by molar-refractivity contribution is 0.470. The summed E-state index contributed by atoms with van der Waals surface area (Å²) in [6.45, 7) is 8.15. The van der Waals surface area contributed by atoms with Crippen LogP contribution in [0.1, 0.15) is 33.5 Å². The molecule has 0 bridgehead atoms. The molecule has 0 saturated carbocycles. The SMILES string of the molecule is CCc1nsc(NC(C)(C)C(C)N)n1. The summed E-state index contributed by atoms with van der Waals surface area (Å²) in [6, 6.07) is 0.0662. The summed E-state index contributed by atoms with van der Waals surface area (Å²) in [5, 5.41) is 4.14. The van der Waals surface area contributed by atoms with Crippen LogP contribution in [0.2, 0.25) is 0 Å². The maximum atomic E-state index is 5.85. The van der Waals surface area contributed by atoms with E-state index in [0.29, 0.717) is 0 Å². The lowest BCUT2D eigenvalue weighted by atomic mass is 9.97. The Bertz CT molecular complexity index is 293. The molecule has 0 aromatic carbocycles. The maximum absolute atomic E-state index is 5.85. The molecule has 0 aliphatic rings. The minimum atomic E-state index is -0.148. The molecule has 5 heteroatoms. The van der Waals surface area contributed by atoms with Gasteiger partial charge in [0.05, 0.1) is 0 Å². The van der Waals surface area contributed by atoms with E-state index in [0.717, 1.165) is 17.4 Å². The van der Waals surface area contributed by atoms with Crippen molar-refractivity contribution in [1.29, 1.82) is 0 Å². The summed E-state index contributed by atoms with van der Waals surface area (Å²) >= 11 is 1.39. The summed E-state index contributed by atoms with van der Waals surface area (Å²) in [5.74, 6) is 0.887. The van der Waals surface area contributed by atoms with Crippen molar-refractivity contribution < 1.29 is 0 Å². The zero-order valence-electron chi connectivity index (χ0n) is 9.16. The highest BCUT2D eigenvalue weighted by Crippen LogP contribution is 2.19. The third-order valence-electron chi connectivity index (χ3n) is 2.35. The Balaban J connectivity index is 2.68. The highest BCUT2D eigenvalue weighted by Gasteiger charge is 2.23. The number of aryl methyl sites for hydroxylation is 1. The Hall–Kier alpha value is -0.680. The van der Waals surface area contributed by atoms with E-state index in [-0.39, 0.29) is 11.6 Å². The van der Waals surface area contributed by atoms with E-state index in [9.17, 15) is 0 Å². The molecular formula is C9H18N4S. The third kappa shape index (κ3) is 2.65. The summed E-state index contributed by atoms with van der Waals surface area (Å²) in [5.41, 5.74) is 5.70. The zero-order chi connectivity index (χ0) is 10.8. The van der Waals surface area contributed by atoms with Gasteiger partial charge in [-0.2, -0.15) is 4.37 Å². The number of anilines is 1. The van der Waals surface area contributed by atoms with Gasteiger partial charge in [0, 0.05) is 29.5 Å². The maximum Gasteiger partial charge on any atom is 0.203 e. The minimum Gasteiger partial charge on any atom is -0.354 e. The van der Waals surface area contributed by atoms with E-state index in [1.807, 2.05) is 13.8 Å². The van der Waals surface area contributed by atoms with E-state index in [2.05, 4.69) is 28.5 Å². The van der Waals surface area contributed by atoms with Gasteiger partial charge < -0.3 is 11.1 Å². The molecule has 0 amide bonds. The monoisotopic (exact) mass is 214 g/mol. The molecule has 0 spiro atoms. The summed E-state index contributed by atoms with van der Waals surface area (Å²) in [4.78, 5) is 4.34. The molecule has 0 radical (unpaired) electrons. The second-order valence-corrected chi connectivity index (χ2v) is 4.76. The van der Waals surface area contributed by atoms with Crippen LogP contribution in [0.3, 0.4) is 0 Å². The molecule has 1 atom stereocenters. The van der Waals surface area contributed by atoms with Gasteiger partial charge in [-0.25, -0.2) is 4.98 Å². The smallest absolute Gasteiger partial charge is 0.203 e. The van der Waals surface area contributed by atoms with Crippen molar-refractivity contribution >= 4 is 16.7 Å². The largest absolute Gasteiger partial charge is 0.354 e. The topological polar surface area (TPSA) is 63.8 Å². The highest BCUT2D eigenvalue weighted by atomic mass is 32.1. The third-order valence-corrected chi connectivity index (χ3v) is 3.02. The highest BCUT2D eigenvalue weighted by molar-refractivity contribution is 7.09. The number of nitrogens with zero attached hydrogens (tertiary/aromatic N) is 2. The Kier molecular flexibility index (Phi) is 3.44. The number of hydrogen-bond donors (Lipinski definition) is 2. The van der Waals surface area contributed by atoms with Crippen molar-refractivity contribution in [3.05, 3.63) is 5.82 Å².